The van der Waals surface area contributed by atoms with Gasteiger partial charge >= 0.3 is 0 Å². The molecule has 0 fully saturated rings. The van der Waals surface area contributed by atoms with Gasteiger partial charge in [0, 0.05) is 12.5 Å². The zero-order chi connectivity index (χ0) is 16.9. The highest BCUT2D eigenvalue weighted by molar-refractivity contribution is 5.97. The Kier molecular flexibility index (Phi) is 6.10. The number of hydrazine groups is 1. The Balaban J connectivity index is 2.69. The van der Waals surface area contributed by atoms with Crippen LogP contribution in [0.2, 0.25) is 0 Å². The molecule has 3 amide bonds. The Hall–Kier alpha value is -2.37. The predicted molar refractivity (Wildman–Crippen MR) is 84.0 cm³/mol. The summed E-state index contributed by atoms with van der Waals surface area (Å²) in [7, 11) is 0. The van der Waals surface area contributed by atoms with Crippen LogP contribution in [0.25, 0.3) is 0 Å². The van der Waals surface area contributed by atoms with E-state index in [0.29, 0.717) is 5.56 Å². The number of rotatable bonds is 4. The van der Waals surface area contributed by atoms with Gasteiger partial charge in [-0.2, -0.15) is 0 Å². The Morgan fingerprint density at radius 1 is 1.05 bits per heavy atom. The lowest BCUT2D eigenvalue weighted by Crippen LogP contribution is -2.54. The molecule has 6 heteroatoms. The van der Waals surface area contributed by atoms with E-state index in [-0.39, 0.29) is 11.8 Å². The Morgan fingerprint density at radius 2 is 1.68 bits per heavy atom. The summed E-state index contributed by atoms with van der Waals surface area (Å²) < 4.78 is 0. The van der Waals surface area contributed by atoms with E-state index in [0.717, 1.165) is 11.1 Å². The maximum atomic E-state index is 12.1. The van der Waals surface area contributed by atoms with Crippen LogP contribution in [0.15, 0.2) is 18.2 Å². The highest BCUT2D eigenvalue weighted by Gasteiger charge is 2.23. The van der Waals surface area contributed by atoms with Crippen molar-refractivity contribution in [2.75, 3.05) is 0 Å². The van der Waals surface area contributed by atoms with Gasteiger partial charge in [0.15, 0.2) is 0 Å². The van der Waals surface area contributed by atoms with E-state index in [1.54, 1.807) is 6.07 Å². The average molecular weight is 305 g/mol. The maximum Gasteiger partial charge on any atom is 0.269 e. The van der Waals surface area contributed by atoms with E-state index in [2.05, 4.69) is 16.2 Å². The first kappa shape index (κ1) is 17.7. The molecule has 0 aromatic heterocycles. The number of hydrogen-bond acceptors (Lipinski definition) is 3. The molecule has 0 aliphatic rings. The van der Waals surface area contributed by atoms with Gasteiger partial charge in [0.25, 0.3) is 11.8 Å². The monoisotopic (exact) mass is 305 g/mol. The molecule has 1 unspecified atom stereocenters. The summed E-state index contributed by atoms with van der Waals surface area (Å²) >= 11 is 0. The fourth-order valence-corrected chi connectivity index (χ4v) is 2.09. The number of nitrogens with one attached hydrogen (secondary N) is 3. The number of aryl methyl sites for hydroxylation is 2. The zero-order valence-corrected chi connectivity index (χ0v) is 13.6. The van der Waals surface area contributed by atoms with Gasteiger partial charge in [-0.05, 0) is 31.4 Å². The molecule has 1 rings (SSSR count). The van der Waals surface area contributed by atoms with E-state index in [9.17, 15) is 14.4 Å². The molecule has 22 heavy (non-hydrogen) atoms. The number of carbonyl (C=O) groups is 3. The lowest BCUT2D eigenvalue weighted by molar-refractivity contribution is -0.129. The van der Waals surface area contributed by atoms with Gasteiger partial charge < -0.3 is 5.32 Å². The minimum atomic E-state index is -0.697. The smallest absolute Gasteiger partial charge is 0.269 e. The third-order valence-electron chi connectivity index (χ3n) is 3.23. The zero-order valence-electron chi connectivity index (χ0n) is 13.6. The van der Waals surface area contributed by atoms with Gasteiger partial charge in [0.1, 0.15) is 6.04 Å². The van der Waals surface area contributed by atoms with Crippen molar-refractivity contribution in [2.45, 2.75) is 40.7 Å². The van der Waals surface area contributed by atoms with Crippen LogP contribution in [0.1, 0.15) is 42.3 Å². The molecule has 1 atom stereocenters. The van der Waals surface area contributed by atoms with Crippen molar-refractivity contribution in [1.29, 1.82) is 0 Å². The lowest BCUT2D eigenvalue weighted by Gasteiger charge is -2.21. The molecule has 0 aliphatic heterocycles. The molecular formula is C16H23N3O3. The summed E-state index contributed by atoms with van der Waals surface area (Å²) in [4.78, 5) is 35.3. The highest BCUT2D eigenvalue weighted by Crippen LogP contribution is 2.10. The van der Waals surface area contributed by atoms with E-state index in [4.69, 9.17) is 0 Å². The van der Waals surface area contributed by atoms with Gasteiger partial charge in [-0.3, -0.25) is 25.2 Å². The molecule has 0 radical (unpaired) electrons. The predicted octanol–water partition coefficient (Wildman–Crippen LogP) is 1.23. The van der Waals surface area contributed by atoms with Crippen LogP contribution in [-0.4, -0.2) is 23.8 Å². The number of amides is 3. The number of carbonyl (C=O) groups excluding carboxylic acids is 3. The van der Waals surface area contributed by atoms with E-state index in [1.165, 1.54) is 6.92 Å². The van der Waals surface area contributed by atoms with E-state index in [1.807, 2.05) is 39.8 Å². The average Bonchev–Trinajstić information content (AvgIpc) is 2.41. The summed E-state index contributed by atoms with van der Waals surface area (Å²) in [5.74, 6) is -1.24. The van der Waals surface area contributed by atoms with Crippen LogP contribution in [-0.2, 0) is 9.59 Å². The van der Waals surface area contributed by atoms with Crippen molar-refractivity contribution in [1.82, 2.24) is 16.2 Å². The first-order valence-corrected chi connectivity index (χ1v) is 7.17. The van der Waals surface area contributed by atoms with Gasteiger partial charge in [-0.1, -0.05) is 31.5 Å². The minimum Gasteiger partial charge on any atom is -0.344 e. The van der Waals surface area contributed by atoms with Crippen molar-refractivity contribution < 1.29 is 14.4 Å². The Labute approximate surface area is 130 Å². The summed E-state index contributed by atoms with van der Waals surface area (Å²) in [5.41, 5.74) is 7.11. The van der Waals surface area contributed by atoms with Crippen LogP contribution in [0, 0.1) is 19.8 Å². The van der Waals surface area contributed by atoms with Crippen molar-refractivity contribution >= 4 is 17.7 Å². The first-order chi connectivity index (χ1) is 10.2. The van der Waals surface area contributed by atoms with Crippen LogP contribution in [0.5, 0.6) is 0 Å². The first-order valence-electron chi connectivity index (χ1n) is 7.17. The summed E-state index contributed by atoms with van der Waals surface area (Å²) in [5, 5.41) is 2.56. The largest absolute Gasteiger partial charge is 0.344 e. The molecule has 0 aliphatic carbocycles. The lowest BCUT2D eigenvalue weighted by atomic mass is 10.0. The molecule has 1 aromatic rings. The molecule has 1 aromatic carbocycles. The van der Waals surface area contributed by atoms with Gasteiger partial charge in [-0.15, -0.1) is 0 Å². The Bertz CT molecular complexity index is 582. The number of benzene rings is 1. The van der Waals surface area contributed by atoms with E-state index < -0.39 is 17.9 Å². The number of hydrogen-bond donors (Lipinski definition) is 3. The topological polar surface area (TPSA) is 87.3 Å². The fourth-order valence-electron chi connectivity index (χ4n) is 2.09. The van der Waals surface area contributed by atoms with Crippen LogP contribution in [0.3, 0.4) is 0 Å². The quantitative estimate of drug-likeness (QED) is 0.731. The molecule has 0 spiro atoms. The summed E-state index contributed by atoms with van der Waals surface area (Å²) in [6.07, 6.45) is 0. The summed E-state index contributed by atoms with van der Waals surface area (Å²) in [6.45, 7) is 8.74. The Morgan fingerprint density at radius 3 is 2.18 bits per heavy atom. The van der Waals surface area contributed by atoms with Crippen LogP contribution in [0.4, 0.5) is 0 Å². The van der Waals surface area contributed by atoms with Gasteiger partial charge in [0.05, 0.1) is 0 Å². The molecule has 120 valence electrons. The van der Waals surface area contributed by atoms with Crippen molar-refractivity contribution in [3.63, 3.8) is 0 Å². The van der Waals surface area contributed by atoms with Gasteiger partial charge in [-0.25, -0.2) is 0 Å². The molecule has 0 bridgehead atoms. The summed E-state index contributed by atoms with van der Waals surface area (Å²) in [6, 6.07) is 4.74. The highest BCUT2D eigenvalue weighted by atomic mass is 16.2. The molecule has 0 heterocycles. The van der Waals surface area contributed by atoms with E-state index >= 15 is 0 Å². The van der Waals surface area contributed by atoms with Crippen molar-refractivity contribution in [2.24, 2.45) is 5.92 Å². The second kappa shape index (κ2) is 7.59. The molecular weight excluding hydrogens is 282 g/mol. The second-order valence-electron chi connectivity index (χ2n) is 5.68. The normalized spacial score (nSPS) is 11.7. The second-order valence-corrected chi connectivity index (χ2v) is 5.68. The third kappa shape index (κ3) is 4.87. The molecule has 0 saturated carbocycles. The molecule has 0 saturated heterocycles. The third-order valence-corrected chi connectivity index (χ3v) is 3.23. The van der Waals surface area contributed by atoms with Crippen LogP contribution >= 0.6 is 0 Å². The van der Waals surface area contributed by atoms with Crippen molar-refractivity contribution in [3.8, 4) is 0 Å². The SMILES string of the molecule is CC(=O)NC(C(=O)NNC(=O)c1ccc(C)cc1C)C(C)C. The fraction of sp³-hybridized carbons (Fsp3) is 0.438. The molecule has 6 nitrogen and oxygen atoms in total. The minimum absolute atomic E-state index is 0.0955. The maximum absolute atomic E-state index is 12.1. The van der Waals surface area contributed by atoms with Gasteiger partial charge in [0.2, 0.25) is 5.91 Å². The standard InChI is InChI=1S/C16H23N3O3/c1-9(2)14(17-12(5)20)16(22)19-18-15(21)13-7-6-10(3)8-11(13)4/h6-9,14H,1-5H3,(H,17,20)(H,18,21)(H,19,22). The van der Waals surface area contributed by atoms with Crippen LogP contribution < -0.4 is 16.2 Å². The molecule has 3 N–H and O–H groups in total. The van der Waals surface area contributed by atoms with Crippen molar-refractivity contribution in [3.05, 3.63) is 34.9 Å².